The molecular formula is C13H20NO2+. The molecule has 0 bridgehead atoms. The van der Waals surface area contributed by atoms with Gasteiger partial charge in [0, 0.05) is 18.6 Å². The molecule has 16 heavy (non-hydrogen) atoms. The minimum atomic E-state index is -0.00818. The van der Waals surface area contributed by atoms with Gasteiger partial charge in [0.15, 0.2) is 24.7 Å². The van der Waals surface area contributed by atoms with Gasteiger partial charge in [0.1, 0.15) is 0 Å². The van der Waals surface area contributed by atoms with E-state index in [9.17, 15) is 0 Å². The van der Waals surface area contributed by atoms with Crippen LogP contribution in [0.25, 0.3) is 0 Å². The van der Waals surface area contributed by atoms with E-state index in [4.69, 9.17) is 9.47 Å². The molecule has 1 aromatic rings. The Hall–Kier alpha value is -0.930. The summed E-state index contributed by atoms with van der Waals surface area (Å²) in [5.41, 5.74) is 1.36. The van der Waals surface area contributed by atoms with Crippen LogP contribution in [0.5, 0.6) is 0 Å². The Bertz CT molecular complexity index is 321. The summed E-state index contributed by atoms with van der Waals surface area (Å²) in [6.45, 7) is 4.82. The summed E-state index contributed by atoms with van der Waals surface area (Å²) in [7, 11) is 0. The van der Waals surface area contributed by atoms with Crippen LogP contribution in [-0.4, -0.2) is 19.5 Å². The molecule has 1 fully saturated rings. The Morgan fingerprint density at radius 3 is 2.88 bits per heavy atom. The highest BCUT2D eigenvalue weighted by atomic mass is 16.7. The van der Waals surface area contributed by atoms with E-state index < -0.39 is 0 Å². The minimum Gasteiger partial charge on any atom is -0.352 e. The van der Waals surface area contributed by atoms with Gasteiger partial charge in [0.25, 0.3) is 0 Å². The quantitative estimate of drug-likeness (QED) is 0.723. The first-order valence-corrected chi connectivity index (χ1v) is 6.10. The average Bonchev–Trinajstić information content (AvgIpc) is 2.38. The molecule has 88 valence electrons. The Labute approximate surface area is 97.0 Å². The van der Waals surface area contributed by atoms with Gasteiger partial charge in [-0.25, -0.2) is 4.57 Å². The van der Waals surface area contributed by atoms with E-state index in [0.29, 0.717) is 0 Å². The zero-order valence-corrected chi connectivity index (χ0v) is 9.89. The van der Waals surface area contributed by atoms with Crippen molar-refractivity contribution in [3.63, 3.8) is 0 Å². The highest BCUT2D eigenvalue weighted by Crippen LogP contribution is 2.08. The second-order valence-corrected chi connectivity index (χ2v) is 4.05. The Kier molecular flexibility index (Phi) is 4.31. The lowest BCUT2D eigenvalue weighted by atomic mass is 10.2. The third kappa shape index (κ3) is 3.03. The van der Waals surface area contributed by atoms with Crippen molar-refractivity contribution < 1.29 is 14.0 Å². The molecular weight excluding hydrogens is 202 g/mol. The second kappa shape index (κ2) is 5.97. The Balaban J connectivity index is 1.88. The number of hydrogen-bond donors (Lipinski definition) is 0. The summed E-state index contributed by atoms with van der Waals surface area (Å²) in [5, 5.41) is 0. The maximum atomic E-state index is 5.54. The molecule has 0 aromatic carbocycles. The first-order valence-electron chi connectivity index (χ1n) is 6.10. The molecule has 2 rings (SSSR count). The summed E-state index contributed by atoms with van der Waals surface area (Å²) in [5.74, 6) is 0. The van der Waals surface area contributed by atoms with Crippen LogP contribution in [0, 0.1) is 0 Å². The van der Waals surface area contributed by atoms with Gasteiger partial charge in [0.05, 0.1) is 19.6 Å². The molecule has 0 N–H and O–H groups in total. The van der Waals surface area contributed by atoms with E-state index in [1.807, 2.05) is 0 Å². The van der Waals surface area contributed by atoms with Crippen molar-refractivity contribution in [1.29, 1.82) is 0 Å². The lowest BCUT2D eigenvalue weighted by Gasteiger charge is -2.22. The van der Waals surface area contributed by atoms with Crippen molar-refractivity contribution in [2.75, 3.05) is 13.2 Å². The average molecular weight is 222 g/mol. The molecule has 0 unspecified atom stereocenters. The molecule has 0 saturated carbocycles. The van der Waals surface area contributed by atoms with E-state index in [2.05, 4.69) is 35.9 Å². The van der Waals surface area contributed by atoms with Crippen LogP contribution in [0.1, 0.15) is 25.5 Å². The summed E-state index contributed by atoms with van der Waals surface area (Å²) >= 11 is 0. The van der Waals surface area contributed by atoms with Gasteiger partial charge in [-0.15, -0.1) is 0 Å². The molecule has 1 aliphatic rings. The molecule has 1 aromatic heterocycles. The molecule has 1 aliphatic heterocycles. The summed E-state index contributed by atoms with van der Waals surface area (Å²) in [6.07, 6.45) is 5.14. The molecule has 0 radical (unpaired) electrons. The maximum absolute atomic E-state index is 5.54. The van der Waals surface area contributed by atoms with Gasteiger partial charge < -0.3 is 9.47 Å². The number of ether oxygens (including phenoxy) is 2. The number of nitrogens with zero attached hydrogens (tertiary/aromatic N) is 1. The topological polar surface area (TPSA) is 22.3 Å². The number of aromatic nitrogens is 1. The Morgan fingerprint density at radius 2 is 2.12 bits per heavy atom. The molecule has 0 aliphatic carbocycles. The van der Waals surface area contributed by atoms with E-state index in [1.165, 1.54) is 5.69 Å². The highest BCUT2D eigenvalue weighted by Gasteiger charge is 2.17. The predicted octanol–water partition coefficient (Wildman–Crippen LogP) is 1.69. The smallest absolute Gasteiger partial charge is 0.181 e. The van der Waals surface area contributed by atoms with Crippen LogP contribution in [-0.2, 0) is 22.4 Å². The molecule has 0 atom stereocenters. The van der Waals surface area contributed by atoms with Gasteiger partial charge in [0.2, 0.25) is 0 Å². The van der Waals surface area contributed by atoms with Crippen LogP contribution >= 0.6 is 0 Å². The summed E-state index contributed by atoms with van der Waals surface area (Å²) in [6, 6.07) is 6.33. The number of pyridine rings is 1. The fourth-order valence-electron chi connectivity index (χ4n) is 2.00. The van der Waals surface area contributed by atoms with Crippen molar-refractivity contribution in [3.05, 3.63) is 30.1 Å². The van der Waals surface area contributed by atoms with Crippen molar-refractivity contribution in [2.45, 2.75) is 39.0 Å². The van der Waals surface area contributed by atoms with Crippen molar-refractivity contribution in [2.24, 2.45) is 0 Å². The van der Waals surface area contributed by atoms with Gasteiger partial charge in [-0.2, -0.15) is 0 Å². The van der Waals surface area contributed by atoms with Gasteiger partial charge in [-0.1, -0.05) is 13.0 Å². The fourth-order valence-corrected chi connectivity index (χ4v) is 2.00. The molecule has 3 heteroatoms. The largest absolute Gasteiger partial charge is 0.352 e. The third-order valence-corrected chi connectivity index (χ3v) is 2.90. The normalized spacial score (nSPS) is 17.6. The number of aryl methyl sites for hydroxylation is 2. The van der Waals surface area contributed by atoms with Crippen LogP contribution in [0.15, 0.2) is 24.4 Å². The van der Waals surface area contributed by atoms with E-state index >= 15 is 0 Å². The molecule has 0 amide bonds. The highest BCUT2D eigenvalue weighted by molar-refractivity contribution is 4.96. The monoisotopic (exact) mass is 222 g/mol. The van der Waals surface area contributed by atoms with Crippen LogP contribution in [0.2, 0.25) is 0 Å². The molecule has 3 nitrogen and oxygen atoms in total. The predicted molar refractivity (Wildman–Crippen MR) is 60.9 cm³/mol. The van der Waals surface area contributed by atoms with E-state index in [0.717, 1.165) is 39.0 Å². The minimum absolute atomic E-state index is 0.00818. The van der Waals surface area contributed by atoms with Crippen LogP contribution in [0.4, 0.5) is 0 Å². The zero-order valence-electron chi connectivity index (χ0n) is 9.89. The van der Waals surface area contributed by atoms with Gasteiger partial charge in [-0.3, -0.25) is 0 Å². The fraction of sp³-hybridized carbons (Fsp3) is 0.615. The SMILES string of the molecule is CCc1cccc[n+]1CCC1OCCCO1. The van der Waals surface area contributed by atoms with Crippen LogP contribution in [0.3, 0.4) is 0 Å². The molecule has 1 saturated heterocycles. The zero-order chi connectivity index (χ0) is 11.2. The Morgan fingerprint density at radius 1 is 1.31 bits per heavy atom. The second-order valence-electron chi connectivity index (χ2n) is 4.05. The first-order chi connectivity index (χ1) is 7.90. The van der Waals surface area contributed by atoms with Crippen molar-refractivity contribution in [3.8, 4) is 0 Å². The number of rotatable bonds is 4. The van der Waals surface area contributed by atoms with E-state index in [-0.39, 0.29) is 6.29 Å². The number of hydrogen-bond acceptors (Lipinski definition) is 2. The van der Waals surface area contributed by atoms with Crippen LogP contribution < -0.4 is 4.57 Å². The van der Waals surface area contributed by atoms with E-state index in [1.54, 1.807) is 0 Å². The lowest BCUT2D eigenvalue weighted by molar-refractivity contribution is -0.706. The van der Waals surface area contributed by atoms with Crippen molar-refractivity contribution in [1.82, 2.24) is 0 Å². The van der Waals surface area contributed by atoms with Gasteiger partial charge in [-0.05, 0) is 6.42 Å². The lowest BCUT2D eigenvalue weighted by Crippen LogP contribution is -2.40. The summed E-state index contributed by atoms with van der Waals surface area (Å²) in [4.78, 5) is 0. The van der Waals surface area contributed by atoms with Crippen molar-refractivity contribution >= 4 is 0 Å². The van der Waals surface area contributed by atoms with Gasteiger partial charge >= 0.3 is 0 Å². The standard InChI is InChI=1S/C13H20NO2/c1-2-12-6-3-4-8-14(12)9-7-13-15-10-5-11-16-13/h3-4,6,8,13H,2,5,7,9-11H2,1H3/q+1. The summed E-state index contributed by atoms with van der Waals surface area (Å²) < 4.78 is 13.4. The molecule has 2 heterocycles. The third-order valence-electron chi connectivity index (χ3n) is 2.90. The molecule has 0 spiro atoms. The first kappa shape index (κ1) is 11.6. The maximum Gasteiger partial charge on any atom is 0.181 e.